The van der Waals surface area contributed by atoms with Crippen LogP contribution in [0, 0.1) is 0 Å². The predicted octanol–water partition coefficient (Wildman–Crippen LogP) is 2.55. The maximum absolute atomic E-state index is 12.6. The van der Waals surface area contributed by atoms with E-state index in [1.165, 1.54) is 17.2 Å². The van der Waals surface area contributed by atoms with Crippen LogP contribution in [0.4, 0.5) is 0 Å². The molecule has 8 heteroatoms. The van der Waals surface area contributed by atoms with Crippen LogP contribution >= 0.6 is 15.9 Å². The highest BCUT2D eigenvalue weighted by Crippen LogP contribution is 2.24. The van der Waals surface area contributed by atoms with Gasteiger partial charge in [-0.25, -0.2) is 4.98 Å². The van der Waals surface area contributed by atoms with Gasteiger partial charge in [0.1, 0.15) is 23.3 Å². The van der Waals surface area contributed by atoms with Crippen LogP contribution in [-0.4, -0.2) is 20.4 Å². The van der Waals surface area contributed by atoms with Gasteiger partial charge in [-0.2, -0.15) is 0 Å². The summed E-state index contributed by atoms with van der Waals surface area (Å²) >= 11 is 3.42. The van der Waals surface area contributed by atoms with Crippen molar-refractivity contribution in [1.29, 1.82) is 0 Å². The minimum absolute atomic E-state index is 0.110. The van der Waals surface area contributed by atoms with Crippen molar-refractivity contribution in [2.75, 3.05) is 0 Å². The number of carbonyl (C=O) groups excluding carboxylic acids is 1. The summed E-state index contributed by atoms with van der Waals surface area (Å²) in [7, 11) is 0. The number of halogens is 1. The molecule has 1 aromatic carbocycles. The number of hydrogen-bond donors (Lipinski definition) is 2. The average Bonchev–Trinajstić information content (AvgIpc) is 3.23. The largest absolute Gasteiger partial charge is 0.467 e. The minimum Gasteiger partial charge on any atom is -0.467 e. The van der Waals surface area contributed by atoms with Crippen LogP contribution in [-0.2, 0) is 17.9 Å². The number of aromatic amines is 1. The first-order valence-corrected chi connectivity index (χ1v) is 8.36. The Hall–Kier alpha value is -2.87. The number of furan rings is 1. The maximum atomic E-state index is 12.6. The van der Waals surface area contributed by atoms with Gasteiger partial charge in [-0.3, -0.25) is 14.2 Å². The van der Waals surface area contributed by atoms with Gasteiger partial charge in [0.15, 0.2) is 0 Å². The number of H-pyrrole nitrogens is 1. The molecule has 0 aliphatic rings. The maximum Gasteiger partial charge on any atom is 0.278 e. The summed E-state index contributed by atoms with van der Waals surface area (Å²) in [5.41, 5.74) is 1.51. The Kier molecular flexibility index (Phi) is 3.89. The highest BCUT2D eigenvalue weighted by Gasteiger charge is 2.13. The van der Waals surface area contributed by atoms with Gasteiger partial charge >= 0.3 is 0 Å². The standard InChI is InChI=1S/C17H13BrN4O3/c18-10-3-4-13-12(6-10)15-16(21-13)17(24)22(9-20-15)8-14(23)19-7-11-2-1-5-25-11/h1-6,9,21H,7-8H2,(H,19,23). The summed E-state index contributed by atoms with van der Waals surface area (Å²) in [5.74, 6) is 0.356. The summed E-state index contributed by atoms with van der Waals surface area (Å²) in [4.78, 5) is 32.1. The van der Waals surface area contributed by atoms with Crippen LogP contribution in [0.2, 0.25) is 0 Å². The smallest absolute Gasteiger partial charge is 0.278 e. The SMILES string of the molecule is O=C(Cn1cnc2c([nH]c3ccc(Br)cc32)c1=O)NCc1ccco1. The third kappa shape index (κ3) is 2.96. The van der Waals surface area contributed by atoms with Crippen LogP contribution in [0.1, 0.15) is 5.76 Å². The van der Waals surface area contributed by atoms with Crippen molar-refractivity contribution in [3.05, 3.63) is 63.5 Å². The van der Waals surface area contributed by atoms with Gasteiger partial charge < -0.3 is 14.7 Å². The number of benzene rings is 1. The molecular weight excluding hydrogens is 388 g/mol. The molecule has 0 aliphatic carbocycles. The van der Waals surface area contributed by atoms with Crippen LogP contribution in [0.15, 0.2) is 56.6 Å². The molecule has 4 aromatic rings. The lowest BCUT2D eigenvalue weighted by molar-refractivity contribution is -0.121. The van der Waals surface area contributed by atoms with E-state index >= 15 is 0 Å². The van der Waals surface area contributed by atoms with Crippen molar-refractivity contribution >= 4 is 43.8 Å². The van der Waals surface area contributed by atoms with Gasteiger partial charge in [0.2, 0.25) is 5.91 Å². The molecule has 0 fully saturated rings. The van der Waals surface area contributed by atoms with E-state index in [4.69, 9.17) is 4.42 Å². The Morgan fingerprint density at radius 2 is 2.24 bits per heavy atom. The number of carbonyl (C=O) groups is 1. The highest BCUT2D eigenvalue weighted by atomic mass is 79.9. The van der Waals surface area contributed by atoms with E-state index in [1.807, 2.05) is 18.2 Å². The third-order valence-electron chi connectivity index (χ3n) is 3.89. The first-order chi connectivity index (χ1) is 12.1. The Morgan fingerprint density at radius 3 is 3.04 bits per heavy atom. The fourth-order valence-electron chi connectivity index (χ4n) is 2.68. The van der Waals surface area contributed by atoms with Crippen LogP contribution < -0.4 is 10.9 Å². The Balaban J connectivity index is 1.62. The summed E-state index contributed by atoms with van der Waals surface area (Å²) < 4.78 is 7.34. The Morgan fingerprint density at radius 1 is 1.36 bits per heavy atom. The van der Waals surface area contributed by atoms with E-state index < -0.39 is 0 Å². The first-order valence-electron chi connectivity index (χ1n) is 7.57. The molecule has 0 spiro atoms. The highest BCUT2D eigenvalue weighted by molar-refractivity contribution is 9.10. The summed E-state index contributed by atoms with van der Waals surface area (Å²) in [6, 6.07) is 9.18. The normalized spacial score (nSPS) is 11.2. The first kappa shape index (κ1) is 15.6. The summed E-state index contributed by atoms with van der Waals surface area (Å²) in [6.45, 7) is 0.165. The fourth-order valence-corrected chi connectivity index (χ4v) is 3.05. The van der Waals surface area contributed by atoms with Crippen molar-refractivity contribution < 1.29 is 9.21 Å². The average molecular weight is 401 g/mol. The predicted molar refractivity (Wildman–Crippen MR) is 96.1 cm³/mol. The molecule has 3 aromatic heterocycles. The zero-order chi connectivity index (χ0) is 17.4. The van der Waals surface area contributed by atoms with Crippen LogP contribution in [0.5, 0.6) is 0 Å². The zero-order valence-electron chi connectivity index (χ0n) is 13.0. The van der Waals surface area contributed by atoms with E-state index in [2.05, 4.69) is 31.2 Å². The van der Waals surface area contributed by atoms with Gasteiger partial charge in [0.05, 0.1) is 19.1 Å². The summed E-state index contributed by atoms with van der Waals surface area (Å²) in [5, 5.41) is 3.56. The molecule has 0 saturated heterocycles. The second-order valence-corrected chi connectivity index (χ2v) is 6.49. The molecule has 0 atom stereocenters. The van der Waals surface area contributed by atoms with E-state index in [0.29, 0.717) is 16.8 Å². The number of fused-ring (bicyclic) bond motifs is 3. The van der Waals surface area contributed by atoms with Gasteiger partial charge in [0, 0.05) is 15.4 Å². The second-order valence-electron chi connectivity index (χ2n) is 5.57. The van der Waals surface area contributed by atoms with Crippen LogP contribution in [0.25, 0.3) is 21.9 Å². The van der Waals surface area contributed by atoms with Crippen LogP contribution in [0.3, 0.4) is 0 Å². The van der Waals surface area contributed by atoms with E-state index in [0.717, 1.165) is 15.4 Å². The molecule has 7 nitrogen and oxygen atoms in total. The summed E-state index contributed by atoms with van der Waals surface area (Å²) in [6.07, 6.45) is 2.93. The molecule has 3 heterocycles. The number of nitrogens with one attached hydrogen (secondary N) is 2. The second kappa shape index (κ2) is 6.21. The molecule has 1 amide bonds. The number of amides is 1. The fraction of sp³-hybridized carbons (Fsp3) is 0.118. The molecule has 4 rings (SSSR count). The zero-order valence-corrected chi connectivity index (χ0v) is 14.5. The lowest BCUT2D eigenvalue weighted by Crippen LogP contribution is -2.32. The number of hydrogen-bond acceptors (Lipinski definition) is 4. The monoisotopic (exact) mass is 400 g/mol. The molecule has 0 saturated carbocycles. The van der Waals surface area contributed by atoms with Crippen molar-refractivity contribution in [3.8, 4) is 0 Å². The minimum atomic E-state index is -0.293. The van der Waals surface area contributed by atoms with Crippen molar-refractivity contribution in [2.45, 2.75) is 13.1 Å². The van der Waals surface area contributed by atoms with Crippen molar-refractivity contribution in [3.63, 3.8) is 0 Å². The topological polar surface area (TPSA) is 92.9 Å². The van der Waals surface area contributed by atoms with Crippen molar-refractivity contribution in [1.82, 2.24) is 19.9 Å². The molecule has 126 valence electrons. The van der Waals surface area contributed by atoms with Gasteiger partial charge in [-0.1, -0.05) is 15.9 Å². The molecule has 25 heavy (non-hydrogen) atoms. The molecule has 0 unspecified atom stereocenters. The number of aromatic nitrogens is 3. The number of rotatable bonds is 4. The van der Waals surface area contributed by atoms with E-state index in [9.17, 15) is 9.59 Å². The molecule has 0 radical (unpaired) electrons. The molecule has 2 N–H and O–H groups in total. The van der Waals surface area contributed by atoms with Gasteiger partial charge in [-0.15, -0.1) is 0 Å². The van der Waals surface area contributed by atoms with Gasteiger partial charge in [0.25, 0.3) is 5.56 Å². The Labute approximate surface area is 149 Å². The Bertz CT molecular complexity index is 1130. The van der Waals surface area contributed by atoms with E-state index in [-0.39, 0.29) is 24.6 Å². The number of nitrogens with zero attached hydrogens (tertiary/aromatic N) is 2. The lowest BCUT2D eigenvalue weighted by atomic mass is 10.2. The third-order valence-corrected chi connectivity index (χ3v) is 4.38. The van der Waals surface area contributed by atoms with Crippen molar-refractivity contribution in [2.24, 2.45) is 0 Å². The molecule has 0 bridgehead atoms. The van der Waals surface area contributed by atoms with Gasteiger partial charge in [-0.05, 0) is 30.3 Å². The lowest BCUT2D eigenvalue weighted by Gasteiger charge is -2.06. The van der Waals surface area contributed by atoms with E-state index in [1.54, 1.807) is 12.1 Å². The molecule has 0 aliphatic heterocycles. The quantitative estimate of drug-likeness (QED) is 0.550. The molecular formula is C17H13BrN4O3.